The molecule has 0 fully saturated rings. The van der Waals surface area contributed by atoms with E-state index >= 15 is 0 Å². The van der Waals surface area contributed by atoms with Crippen LogP contribution in [-0.2, 0) is 0 Å². The fourth-order valence-corrected chi connectivity index (χ4v) is 3.70. The number of imidazole rings is 1. The van der Waals surface area contributed by atoms with Gasteiger partial charge in [-0.2, -0.15) is 0 Å². The summed E-state index contributed by atoms with van der Waals surface area (Å²) in [5.74, 6) is 0. The number of halogens is 2. The van der Waals surface area contributed by atoms with Crippen molar-refractivity contribution in [3.8, 4) is 16.8 Å². The van der Waals surface area contributed by atoms with E-state index in [1.807, 2.05) is 65.2 Å². The zero-order valence-electron chi connectivity index (χ0n) is 14.0. The van der Waals surface area contributed by atoms with Gasteiger partial charge in [-0.25, -0.2) is 4.98 Å². The van der Waals surface area contributed by atoms with E-state index < -0.39 is 6.10 Å². The fraction of sp³-hybridized carbons (Fsp3) is 0.0952. The summed E-state index contributed by atoms with van der Waals surface area (Å²) in [6.45, 7) is 1.75. The molecule has 0 spiro atoms. The first-order valence-corrected chi connectivity index (χ1v) is 9.00. The van der Waals surface area contributed by atoms with Crippen molar-refractivity contribution in [2.75, 3.05) is 0 Å². The number of aromatic nitrogens is 2. The predicted octanol–water partition coefficient (Wildman–Crippen LogP) is 6.05. The Balaban J connectivity index is 1.84. The molecule has 0 bridgehead atoms. The largest absolute Gasteiger partial charge is 0.389 e. The lowest BCUT2D eigenvalue weighted by molar-refractivity contribution is 0.199. The van der Waals surface area contributed by atoms with Crippen LogP contribution >= 0.6 is 23.2 Å². The molecule has 1 atom stereocenters. The molecule has 4 aromatic rings. The predicted molar refractivity (Wildman–Crippen MR) is 107 cm³/mol. The SMILES string of the molecule is C[C@H](O)c1ccc2c(c1)ncn2-c1cccc(-c2c(Cl)cccc2Cl)c1. The summed E-state index contributed by atoms with van der Waals surface area (Å²) < 4.78 is 2.01. The molecule has 4 rings (SSSR count). The highest BCUT2D eigenvalue weighted by Crippen LogP contribution is 2.35. The van der Waals surface area contributed by atoms with Crippen molar-refractivity contribution in [3.63, 3.8) is 0 Å². The Morgan fingerprint density at radius 1 is 0.962 bits per heavy atom. The van der Waals surface area contributed by atoms with Crippen molar-refractivity contribution in [2.45, 2.75) is 13.0 Å². The molecule has 0 saturated carbocycles. The van der Waals surface area contributed by atoms with Crippen LogP contribution < -0.4 is 0 Å². The maximum Gasteiger partial charge on any atom is 0.100 e. The van der Waals surface area contributed by atoms with Gasteiger partial charge in [0.1, 0.15) is 6.33 Å². The van der Waals surface area contributed by atoms with Crippen molar-refractivity contribution >= 4 is 34.2 Å². The Labute approximate surface area is 161 Å². The third-order valence-corrected chi connectivity index (χ3v) is 5.06. The lowest BCUT2D eigenvalue weighted by Gasteiger charge is -2.11. The Bertz CT molecular complexity index is 1080. The quantitative estimate of drug-likeness (QED) is 0.468. The Morgan fingerprint density at radius 3 is 2.42 bits per heavy atom. The third kappa shape index (κ3) is 2.99. The second kappa shape index (κ2) is 6.76. The van der Waals surface area contributed by atoms with Gasteiger partial charge in [-0.3, -0.25) is 4.57 Å². The van der Waals surface area contributed by atoms with Crippen LogP contribution in [0.2, 0.25) is 10.0 Å². The van der Waals surface area contributed by atoms with Gasteiger partial charge in [0.05, 0.1) is 17.1 Å². The highest BCUT2D eigenvalue weighted by molar-refractivity contribution is 6.39. The second-order valence-corrected chi connectivity index (χ2v) is 7.00. The summed E-state index contributed by atoms with van der Waals surface area (Å²) in [5.41, 5.74) is 5.38. The maximum absolute atomic E-state index is 9.76. The van der Waals surface area contributed by atoms with E-state index in [4.69, 9.17) is 23.2 Å². The van der Waals surface area contributed by atoms with Gasteiger partial charge in [-0.15, -0.1) is 0 Å². The summed E-state index contributed by atoms with van der Waals surface area (Å²) in [6, 6.07) is 19.3. The van der Waals surface area contributed by atoms with E-state index in [1.54, 1.807) is 13.3 Å². The lowest BCUT2D eigenvalue weighted by atomic mass is 10.0. The molecule has 1 heterocycles. The molecular formula is C21H16Cl2N2O. The van der Waals surface area contributed by atoms with Crippen molar-refractivity contribution < 1.29 is 5.11 Å². The molecule has 1 N–H and O–H groups in total. The van der Waals surface area contributed by atoms with Gasteiger partial charge in [-0.05, 0) is 54.4 Å². The van der Waals surface area contributed by atoms with Gasteiger partial charge in [0.2, 0.25) is 0 Å². The van der Waals surface area contributed by atoms with E-state index in [0.717, 1.165) is 33.4 Å². The molecule has 5 heteroatoms. The molecule has 0 saturated heterocycles. The standard InChI is InChI=1S/C21H16Cl2N2O/c1-13(26)14-8-9-20-19(11-14)24-12-25(20)16-5-2-4-15(10-16)21-17(22)6-3-7-18(21)23/h2-13,26H,1H3/t13-/m0/s1. The summed E-state index contributed by atoms with van der Waals surface area (Å²) in [7, 11) is 0. The number of hydrogen-bond acceptors (Lipinski definition) is 2. The number of benzene rings is 3. The van der Waals surface area contributed by atoms with Crippen molar-refractivity contribution in [2.24, 2.45) is 0 Å². The van der Waals surface area contributed by atoms with Crippen LogP contribution in [0.15, 0.2) is 67.0 Å². The Morgan fingerprint density at radius 2 is 1.69 bits per heavy atom. The molecule has 0 radical (unpaired) electrons. The van der Waals surface area contributed by atoms with E-state index in [9.17, 15) is 5.11 Å². The van der Waals surface area contributed by atoms with Crippen LogP contribution in [0.1, 0.15) is 18.6 Å². The summed E-state index contributed by atoms with van der Waals surface area (Å²) in [4.78, 5) is 4.48. The van der Waals surface area contributed by atoms with Gasteiger partial charge in [0.15, 0.2) is 0 Å². The molecule has 3 nitrogen and oxygen atoms in total. The minimum absolute atomic E-state index is 0.518. The number of nitrogens with zero attached hydrogens (tertiary/aromatic N) is 2. The van der Waals surface area contributed by atoms with Crippen LogP contribution in [0, 0.1) is 0 Å². The molecule has 130 valence electrons. The van der Waals surface area contributed by atoms with Gasteiger partial charge in [-0.1, -0.05) is 47.5 Å². The normalized spacial score (nSPS) is 12.5. The van der Waals surface area contributed by atoms with Gasteiger partial charge < -0.3 is 5.11 Å². The van der Waals surface area contributed by atoms with Gasteiger partial charge in [0.25, 0.3) is 0 Å². The zero-order valence-corrected chi connectivity index (χ0v) is 15.5. The van der Waals surface area contributed by atoms with E-state index in [-0.39, 0.29) is 0 Å². The van der Waals surface area contributed by atoms with Crippen LogP contribution in [0.3, 0.4) is 0 Å². The van der Waals surface area contributed by atoms with Crippen LogP contribution in [-0.4, -0.2) is 14.7 Å². The average molecular weight is 383 g/mol. The Hall–Kier alpha value is -2.33. The first kappa shape index (κ1) is 17.1. The summed E-state index contributed by atoms with van der Waals surface area (Å²) in [6.07, 6.45) is 1.26. The van der Waals surface area contributed by atoms with Crippen molar-refractivity contribution in [1.29, 1.82) is 0 Å². The molecular weight excluding hydrogens is 367 g/mol. The minimum Gasteiger partial charge on any atom is -0.389 e. The molecule has 0 unspecified atom stereocenters. The number of aliphatic hydroxyl groups is 1. The van der Waals surface area contributed by atoms with Crippen LogP contribution in [0.5, 0.6) is 0 Å². The first-order valence-electron chi connectivity index (χ1n) is 8.24. The van der Waals surface area contributed by atoms with Crippen molar-refractivity contribution in [1.82, 2.24) is 9.55 Å². The second-order valence-electron chi connectivity index (χ2n) is 6.19. The van der Waals surface area contributed by atoms with Gasteiger partial charge in [0, 0.05) is 21.3 Å². The van der Waals surface area contributed by atoms with E-state index in [2.05, 4.69) is 4.98 Å². The Kier molecular flexibility index (Phi) is 4.45. The minimum atomic E-state index is -0.518. The monoisotopic (exact) mass is 382 g/mol. The average Bonchev–Trinajstić information content (AvgIpc) is 3.05. The van der Waals surface area contributed by atoms with Crippen LogP contribution in [0.25, 0.3) is 27.8 Å². The van der Waals surface area contributed by atoms with E-state index in [0.29, 0.717) is 10.0 Å². The number of rotatable bonds is 3. The number of fused-ring (bicyclic) bond motifs is 1. The van der Waals surface area contributed by atoms with E-state index in [1.165, 1.54) is 0 Å². The third-order valence-electron chi connectivity index (χ3n) is 4.43. The molecule has 26 heavy (non-hydrogen) atoms. The molecule has 0 aliphatic carbocycles. The highest BCUT2D eigenvalue weighted by atomic mass is 35.5. The molecule has 3 aromatic carbocycles. The number of aliphatic hydroxyl groups excluding tert-OH is 1. The zero-order chi connectivity index (χ0) is 18.3. The van der Waals surface area contributed by atoms with Gasteiger partial charge >= 0.3 is 0 Å². The fourth-order valence-electron chi connectivity index (χ4n) is 3.08. The number of hydrogen-bond donors (Lipinski definition) is 1. The molecule has 0 aliphatic heterocycles. The maximum atomic E-state index is 9.76. The topological polar surface area (TPSA) is 38.1 Å². The van der Waals surface area contributed by atoms with Crippen LogP contribution in [0.4, 0.5) is 0 Å². The molecule has 1 aromatic heterocycles. The van der Waals surface area contributed by atoms with Crippen molar-refractivity contribution in [3.05, 3.63) is 82.6 Å². The lowest BCUT2D eigenvalue weighted by Crippen LogP contribution is -1.94. The summed E-state index contributed by atoms with van der Waals surface area (Å²) in [5, 5.41) is 11.0. The molecule has 0 amide bonds. The first-order chi connectivity index (χ1) is 12.5. The molecule has 0 aliphatic rings. The highest BCUT2D eigenvalue weighted by Gasteiger charge is 2.11. The summed E-state index contributed by atoms with van der Waals surface area (Å²) >= 11 is 12.7. The smallest absolute Gasteiger partial charge is 0.100 e.